The summed E-state index contributed by atoms with van der Waals surface area (Å²) in [5, 5.41) is 9.41. The van der Waals surface area contributed by atoms with Crippen LogP contribution in [-0.4, -0.2) is 41.6 Å². The van der Waals surface area contributed by atoms with Crippen molar-refractivity contribution in [2.75, 3.05) is 18.5 Å². The second kappa shape index (κ2) is 5.39. The lowest BCUT2D eigenvalue weighted by atomic mass is 9.85. The fourth-order valence-electron chi connectivity index (χ4n) is 3.14. The van der Waals surface area contributed by atoms with Crippen LogP contribution in [-0.2, 0) is 11.2 Å². The van der Waals surface area contributed by atoms with Crippen LogP contribution in [0.25, 0.3) is 0 Å². The van der Waals surface area contributed by atoms with E-state index in [0.717, 1.165) is 24.1 Å². The number of anilines is 1. The van der Waals surface area contributed by atoms with E-state index in [-0.39, 0.29) is 6.03 Å². The first-order chi connectivity index (χ1) is 10.1. The molecule has 1 aromatic rings. The van der Waals surface area contributed by atoms with E-state index in [1.165, 1.54) is 11.3 Å². The minimum atomic E-state index is -0.948. The maximum atomic E-state index is 12.7. The normalized spacial score (nSPS) is 20.8. The molecule has 0 aromatic heterocycles. The topological polar surface area (TPSA) is 60.9 Å². The number of carbonyl (C=O) groups excluding carboxylic acids is 1. The van der Waals surface area contributed by atoms with Gasteiger partial charge >= 0.3 is 12.0 Å². The highest BCUT2D eigenvalue weighted by Crippen LogP contribution is 2.34. The number of fused-ring (bicyclic) bond motifs is 1. The van der Waals surface area contributed by atoms with Crippen molar-refractivity contribution in [1.82, 2.24) is 4.90 Å². The van der Waals surface area contributed by atoms with E-state index in [0.29, 0.717) is 18.9 Å². The SMILES string of the molecule is CN(CC1CCC1)C(=O)N1c2ccccc2C[C@H]1C(=O)O. The zero-order valence-corrected chi connectivity index (χ0v) is 12.2. The highest BCUT2D eigenvalue weighted by Gasteiger charge is 2.39. The van der Waals surface area contributed by atoms with Crippen molar-refractivity contribution in [3.8, 4) is 0 Å². The predicted molar refractivity (Wildman–Crippen MR) is 79.4 cm³/mol. The van der Waals surface area contributed by atoms with Gasteiger partial charge in [-0.05, 0) is 30.4 Å². The van der Waals surface area contributed by atoms with Gasteiger partial charge in [-0.1, -0.05) is 24.6 Å². The molecule has 1 atom stereocenters. The Hall–Kier alpha value is -2.04. The van der Waals surface area contributed by atoms with Crippen molar-refractivity contribution in [2.24, 2.45) is 5.92 Å². The lowest BCUT2D eigenvalue weighted by molar-refractivity contribution is -0.138. The molecule has 0 saturated heterocycles. The third-order valence-corrected chi connectivity index (χ3v) is 4.55. The number of hydrogen-bond donors (Lipinski definition) is 1. The van der Waals surface area contributed by atoms with Crippen molar-refractivity contribution in [3.05, 3.63) is 29.8 Å². The van der Waals surface area contributed by atoms with Crippen LogP contribution in [0.4, 0.5) is 10.5 Å². The summed E-state index contributed by atoms with van der Waals surface area (Å²) in [6.07, 6.45) is 3.94. The first-order valence-electron chi connectivity index (χ1n) is 7.43. The van der Waals surface area contributed by atoms with E-state index < -0.39 is 12.0 Å². The predicted octanol–water partition coefficient (Wildman–Crippen LogP) is 2.35. The molecule has 1 fully saturated rings. The third kappa shape index (κ3) is 2.48. The molecule has 1 N–H and O–H groups in total. The van der Waals surface area contributed by atoms with Crippen LogP contribution >= 0.6 is 0 Å². The monoisotopic (exact) mass is 288 g/mol. The molecule has 5 nitrogen and oxygen atoms in total. The number of hydrogen-bond acceptors (Lipinski definition) is 2. The summed E-state index contributed by atoms with van der Waals surface area (Å²) in [6.45, 7) is 0.712. The summed E-state index contributed by atoms with van der Waals surface area (Å²) < 4.78 is 0. The summed E-state index contributed by atoms with van der Waals surface area (Å²) in [7, 11) is 1.76. The molecule has 2 aliphatic rings. The van der Waals surface area contributed by atoms with Gasteiger partial charge in [-0.15, -0.1) is 0 Å². The Bertz CT molecular complexity index is 568. The molecular formula is C16H20N2O3. The van der Waals surface area contributed by atoms with Gasteiger partial charge in [0.15, 0.2) is 0 Å². The molecule has 0 radical (unpaired) electrons. The van der Waals surface area contributed by atoms with Gasteiger partial charge in [-0.3, -0.25) is 4.90 Å². The van der Waals surface area contributed by atoms with Crippen molar-refractivity contribution < 1.29 is 14.7 Å². The molecule has 1 heterocycles. The molecule has 1 aliphatic heterocycles. The highest BCUT2D eigenvalue weighted by atomic mass is 16.4. The fraction of sp³-hybridized carbons (Fsp3) is 0.500. The average Bonchev–Trinajstić information content (AvgIpc) is 2.81. The van der Waals surface area contributed by atoms with Crippen molar-refractivity contribution >= 4 is 17.7 Å². The molecule has 0 spiro atoms. The van der Waals surface area contributed by atoms with Crippen molar-refractivity contribution in [1.29, 1.82) is 0 Å². The van der Waals surface area contributed by atoms with Crippen LogP contribution < -0.4 is 4.90 Å². The molecule has 0 unspecified atom stereocenters. The number of nitrogens with zero attached hydrogens (tertiary/aromatic N) is 2. The van der Waals surface area contributed by atoms with E-state index in [4.69, 9.17) is 0 Å². The van der Waals surface area contributed by atoms with Gasteiger partial charge in [0, 0.05) is 25.7 Å². The van der Waals surface area contributed by atoms with E-state index >= 15 is 0 Å². The first-order valence-corrected chi connectivity index (χ1v) is 7.43. The summed E-state index contributed by atoms with van der Waals surface area (Å²) in [5.74, 6) is -0.378. The Morgan fingerprint density at radius 2 is 2.05 bits per heavy atom. The first kappa shape index (κ1) is 13.9. The molecule has 1 saturated carbocycles. The van der Waals surface area contributed by atoms with Crippen LogP contribution in [0.5, 0.6) is 0 Å². The number of rotatable bonds is 3. The lowest BCUT2D eigenvalue weighted by Crippen LogP contribution is -2.49. The van der Waals surface area contributed by atoms with Gasteiger partial charge in [0.25, 0.3) is 0 Å². The Morgan fingerprint density at radius 3 is 2.67 bits per heavy atom. The summed E-state index contributed by atoms with van der Waals surface area (Å²) >= 11 is 0. The minimum Gasteiger partial charge on any atom is -0.480 e. The fourth-order valence-corrected chi connectivity index (χ4v) is 3.14. The second-order valence-electron chi connectivity index (χ2n) is 6.02. The molecule has 112 valence electrons. The van der Waals surface area contributed by atoms with Crippen LogP contribution in [0, 0.1) is 5.92 Å². The molecule has 0 bridgehead atoms. The minimum absolute atomic E-state index is 0.209. The van der Waals surface area contributed by atoms with Gasteiger partial charge in [0.1, 0.15) is 6.04 Å². The van der Waals surface area contributed by atoms with Gasteiger partial charge in [0.2, 0.25) is 0 Å². The zero-order chi connectivity index (χ0) is 15.0. The van der Waals surface area contributed by atoms with Crippen LogP contribution in [0.1, 0.15) is 24.8 Å². The second-order valence-corrected chi connectivity index (χ2v) is 6.02. The Balaban J connectivity index is 1.82. The van der Waals surface area contributed by atoms with Gasteiger partial charge in [-0.2, -0.15) is 0 Å². The molecule has 3 rings (SSSR count). The average molecular weight is 288 g/mol. The van der Waals surface area contributed by atoms with Gasteiger partial charge in [-0.25, -0.2) is 9.59 Å². The lowest BCUT2D eigenvalue weighted by Gasteiger charge is -2.33. The summed E-state index contributed by atoms with van der Waals surface area (Å²) in [4.78, 5) is 27.3. The number of carboxylic acids is 1. The maximum absolute atomic E-state index is 12.7. The van der Waals surface area contributed by atoms with Crippen LogP contribution in [0.3, 0.4) is 0 Å². The summed E-state index contributed by atoms with van der Waals surface area (Å²) in [5.41, 5.74) is 1.66. The van der Waals surface area contributed by atoms with Gasteiger partial charge in [0.05, 0.1) is 0 Å². The Morgan fingerprint density at radius 1 is 1.33 bits per heavy atom. The third-order valence-electron chi connectivity index (χ3n) is 4.55. The molecule has 1 aromatic carbocycles. The molecule has 1 aliphatic carbocycles. The number of benzene rings is 1. The highest BCUT2D eigenvalue weighted by molar-refractivity contribution is 6.00. The van der Waals surface area contributed by atoms with E-state index in [1.54, 1.807) is 11.9 Å². The maximum Gasteiger partial charge on any atom is 0.327 e. The Kier molecular flexibility index (Phi) is 3.57. The van der Waals surface area contributed by atoms with E-state index in [2.05, 4.69) is 0 Å². The summed E-state index contributed by atoms with van der Waals surface area (Å²) in [6, 6.07) is 6.44. The van der Waals surface area contributed by atoms with Crippen LogP contribution in [0.2, 0.25) is 0 Å². The standard InChI is InChI=1S/C16H20N2O3/c1-17(10-11-5-4-6-11)16(21)18-13-8-3-2-7-12(13)9-14(18)15(19)20/h2-3,7-8,11,14H,4-6,9-10H2,1H3,(H,19,20)/t14-/m0/s1. The number of carboxylic acid groups (broad SMARTS) is 1. The van der Waals surface area contributed by atoms with Crippen molar-refractivity contribution in [3.63, 3.8) is 0 Å². The number of amides is 2. The molecule has 5 heteroatoms. The van der Waals surface area contributed by atoms with Crippen LogP contribution in [0.15, 0.2) is 24.3 Å². The molecule has 2 amide bonds. The largest absolute Gasteiger partial charge is 0.480 e. The number of aliphatic carboxylic acids is 1. The van der Waals surface area contributed by atoms with Gasteiger partial charge < -0.3 is 10.0 Å². The van der Waals surface area contributed by atoms with Crippen molar-refractivity contribution in [2.45, 2.75) is 31.7 Å². The zero-order valence-electron chi connectivity index (χ0n) is 12.2. The molecule has 21 heavy (non-hydrogen) atoms. The van der Waals surface area contributed by atoms with E-state index in [9.17, 15) is 14.7 Å². The smallest absolute Gasteiger partial charge is 0.327 e. The Labute approximate surface area is 124 Å². The number of carbonyl (C=O) groups is 2. The number of urea groups is 1. The quantitative estimate of drug-likeness (QED) is 0.928. The number of para-hydroxylation sites is 1. The van der Waals surface area contributed by atoms with E-state index in [1.807, 2.05) is 24.3 Å². The molecular weight excluding hydrogens is 268 g/mol.